The number of nitrogens with one attached hydrogen (secondary N) is 2. The van der Waals surface area contributed by atoms with Gasteiger partial charge in [-0.3, -0.25) is 9.59 Å². The van der Waals surface area contributed by atoms with Gasteiger partial charge in [0.1, 0.15) is 11.3 Å². The molecule has 0 bridgehead atoms. The minimum absolute atomic E-state index is 0.0690. The normalized spacial score (nSPS) is 10.5. The number of amides is 1. The number of aromatic amines is 1. The van der Waals surface area contributed by atoms with Crippen molar-refractivity contribution in [1.29, 1.82) is 0 Å². The summed E-state index contributed by atoms with van der Waals surface area (Å²) in [5.41, 5.74) is 0.244. The monoisotopic (exact) mass is 301 g/mol. The summed E-state index contributed by atoms with van der Waals surface area (Å²) < 4.78 is 5.21. The van der Waals surface area contributed by atoms with Crippen LogP contribution in [0.2, 0.25) is 0 Å². The van der Waals surface area contributed by atoms with E-state index in [1.54, 1.807) is 23.5 Å². The topological polar surface area (TPSA) is 88.0 Å². The van der Waals surface area contributed by atoms with Gasteiger partial charge in [0.2, 0.25) is 0 Å². The van der Waals surface area contributed by atoms with Crippen molar-refractivity contribution >= 4 is 17.2 Å². The van der Waals surface area contributed by atoms with Gasteiger partial charge in [0, 0.05) is 12.3 Å². The largest absolute Gasteiger partial charge is 0.355 e. The van der Waals surface area contributed by atoms with Crippen LogP contribution in [-0.2, 0) is 6.54 Å². The average Bonchev–Trinajstić information content (AvgIpc) is 3.16. The highest BCUT2D eigenvalue weighted by molar-refractivity contribution is 7.13. The van der Waals surface area contributed by atoms with Crippen molar-refractivity contribution in [2.24, 2.45) is 0 Å². The Bertz CT molecular complexity index is 805. The molecular weight excluding hydrogens is 290 g/mol. The van der Waals surface area contributed by atoms with Gasteiger partial charge in [0.05, 0.1) is 11.4 Å². The predicted molar refractivity (Wildman–Crippen MR) is 78.0 cm³/mol. The van der Waals surface area contributed by atoms with Crippen LogP contribution in [0, 0.1) is 0 Å². The Morgan fingerprint density at radius 3 is 3.05 bits per heavy atom. The maximum Gasteiger partial charge on any atom is 0.260 e. The van der Waals surface area contributed by atoms with Gasteiger partial charge >= 0.3 is 0 Å². The Kier molecular flexibility index (Phi) is 3.65. The van der Waals surface area contributed by atoms with Crippen molar-refractivity contribution in [2.45, 2.75) is 6.54 Å². The first-order valence-electron chi connectivity index (χ1n) is 6.19. The molecule has 1 amide bonds. The summed E-state index contributed by atoms with van der Waals surface area (Å²) in [5, 5.41) is 8.47. The highest BCUT2D eigenvalue weighted by Crippen LogP contribution is 2.24. The smallest absolute Gasteiger partial charge is 0.260 e. The first kappa shape index (κ1) is 13.3. The average molecular weight is 301 g/mol. The molecule has 7 heteroatoms. The lowest BCUT2D eigenvalue weighted by molar-refractivity contribution is 0.0948. The molecule has 0 radical (unpaired) electrons. The fourth-order valence-corrected chi connectivity index (χ4v) is 2.47. The van der Waals surface area contributed by atoms with Crippen LogP contribution in [-0.4, -0.2) is 16.0 Å². The van der Waals surface area contributed by atoms with E-state index in [9.17, 15) is 9.59 Å². The highest BCUT2D eigenvalue weighted by Gasteiger charge is 2.11. The third-order valence-corrected chi connectivity index (χ3v) is 3.70. The van der Waals surface area contributed by atoms with E-state index in [4.69, 9.17) is 4.52 Å². The molecule has 3 aromatic rings. The molecule has 0 aromatic carbocycles. The second kappa shape index (κ2) is 5.76. The summed E-state index contributed by atoms with van der Waals surface area (Å²) in [6.45, 7) is 0.196. The molecule has 3 aromatic heterocycles. The van der Waals surface area contributed by atoms with E-state index in [0.29, 0.717) is 11.5 Å². The second-order valence-corrected chi connectivity index (χ2v) is 5.20. The molecule has 0 aliphatic rings. The van der Waals surface area contributed by atoms with Crippen molar-refractivity contribution in [3.63, 3.8) is 0 Å². The molecule has 6 nitrogen and oxygen atoms in total. The summed E-state index contributed by atoms with van der Waals surface area (Å²) in [6.07, 6.45) is 1.48. The summed E-state index contributed by atoms with van der Waals surface area (Å²) in [5.74, 6) is 0.212. The molecule has 0 atom stereocenters. The number of thiophene rings is 1. The van der Waals surface area contributed by atoms with Crippen molar-refractivity contribution in [3.05, 3.63) is 63.5 Å². The van der Waals surface area contributed by atoms with Crippen molar-refractivity contribution in [2.75, 3.05) is 0 Å². The maximum atomic E-state index is 11.9. The van der Waals surface area contributed by atoms with Crippen LogP contribution in [0.4, 0.5) is 0 Å². The quantitative estimate of drug-likeness (QED) is 0.771. The van der Waals surface area contributed by atoms with E-state index in [1.807, 2.05) is 17.5 Å². The molecule has 0 saturated carbocycles. The standard InChI is InChI=1S/C14H11N3O3S/c18-13-10(3-1-5-15-13)14(19)16-8-9-7-11(20-17-9)12-4-2-6-21-12/h1-7H,8H2,(H,15,18)(H,16,19). The molecule has 0 saturated heterocycles. The van der Waals surface area contributed by atoms with Crippen LogP contribution in [0.1, 0.15) is 16.1 Å². The lowest BCUT2D eigenvalue weighted by Crippen LogP contribution is -2.28. The Morgan fingerprint density at radius 2 is 2.29 bits per heavy atom. The van der Waals surface area contributed by atoms with Gasteiger partial charge in [-0.15, -0.1) is 11.3 Å². The summed E-state index contributed by atoms with van der Waals surface area (Å²) in [6, 6.07) is 8.68. The number of hydrogen-bond donors (Lipinski definition) is 2. The van der Waals surface area contributed by atoms with Crippen LogP contribution in [0.5, 0.6) is 0 Å². The lowest BCUT2D eigenvalue weighted by Gasteiger charge is -2.01. The molecule has 0 fully saturated rings. The zero-order valence-corrected chi connectivity index (χ0v) is 11.6. The van der Waals surface area contributed by atoms with Gasteiger partial charge in [-0.05, 0) is 23.6 Å². The highest BCUT2D eigenvalue weighted by atomic mass is 32.1. The van der Waals surface area contributed by atoms with Crippen LogP contribution >= 0.6 is 11.3 Å². The number of hydrogen-bond acceptors (Lipinski definition) is 5. The second-order valence-electron chi connectivity index (χ2n) is 4.26. The van der Waals surface area contributed by atoms with Gasteiger partial charge in [0.25, 0.3) is 11.5 Å². The number of carbonyl (C=O) groups excluding carboxylic acids is 1. The fourth-order valence-electron chi connectivity index (χ4n) is 1.80. The van der Waals surface area contributed by atoms with Crippen LogP contribution in [0.15, 0.2) is 51.2 Å². The van der Waals surface area contributed by atoms with Gasteiger partial charge < -0.3 is 14.8 Å². The van der Waals surface area contributed by atoms with Gasteiger partial charge in [-0.25, -0.2) is 0 Å². The van der Waals surface area contributed by atoms with Crippen molar-refractivity contribution in [1.82, 2.24) is 15.5 Å². The minimum Gasteiger partial charge on any atom is -0.355 e. The third-order valence-electron chi connectivity index (χ3n) is 2.82. The van der Waals surface area contributed by atoms with E-state index in [0.717, 1.165) is 4.88 Å². The Hall–Kier alpha value is -2.67. The molecule has 0 aliphatic carbocycles. The third kappa shape index (κ3) is 2.92. The van der Waals surface area contributed by atoms with Crippen molar-refractivity contribution in [3.8, 4) is 10.6 Å². The number of pyridine rings is 1. The van der Waals surface area contributed by atoms with Gasteiger partial charge in [0.15, 0.2) is 5.76 Å². The molecule has 2 N–H and O–H groups in total. The Morgan fingerprint density at radius 1 is 1.38 bits per heavy atom. The minimum atomic E-state index is -0.447. The lowest BCUT2D eigenvalue weighted by atomic mass is 10.2. The molecule has 3 rings (SSSR count). The van der Waals surface area contributed by atoms with Crippen molar-refractivity contribution < 1.29 is 9.32 Å². The SMILES string of the molecule is O=C(NCc1cc(-c2cccs2)on1)c1ccc[nH]c1=O. The summed E-state index contributed by atoms with van der Waals surface area (Å²) in [4.78, 5) is 26.8. The number of aromatic nitrogens is 2. The summed E-state index contributed by atoms with van der Waals surface area (Å²) in [7, 11) is 0. The molecule has 3 heterocycles. The van der Waals surface area contributed by atoms with E-state index in [-0.39, 0.29) is 12.1 Å². The van der Waals surface area contributed by atoms with Crippen LogP contribution in [0.25, 0.3) is 10.6 Å². The van der Waals surface area contributed by atoms with E-state index < -0.39 is 11.5 Å². The van der Waals surface area contributed by atoms with E-state index in [2.05, 4.69) is 15.5 Å². The van der Waals surface area contributed by atoms with E-state index >= 15 is 0 Å². The van der Waals surface area contributed by atoms with Crippen LogP contribution < -0.4 is 10.9 Å². The fraction of sp³-hybridized carbons (Fsp3) is 0.0714. The molecule has 21 heavy (non-hydrogen) atoms. The Balaban J connectivity index is 1.67. The Labute approximate surface area is 123 Å². The molecule has 106 valence electrons. The van der Waals surface area contributed by atoms with Crippen LogP contribution in [0.3, 0.4) is 0 Å². The number of H-pyrrole nitrogens is 1. The predicted octanol–water partition coefficient (Wildman–Crippen LogP) is 2.02. The number of rotatable bonds is 4. The zero-order valence-electron chi connectivity index (χ0n) is 10.8. The molecule has 0 unspecified atom stereocenters. The molecular formula is C14H11N3O3S. The maximum absolute atomic E-state index is 11.9. The number of nitrogens with zero attached hydrogens (tertiary/aromatic N) is 1. The van der Waals surface area contributed by atoms with Gasteiger partial charge in [-0.1, -0.05) is 11.2 Å². The van der Waals surface area contributed by atoms with Gasteiger partial charge in [-0.2, -0.15) is 0 Å². The van der Waals surface area contributed by atoms with E-state index in [1.165, 1.54) is 12.3 Å². The zero-order chi connectivity index (χ0) is 14.7. The summed E-state index contributed by atoms with van der Waals surface area (Å²) >= 11 is 1.55. The first-order chi connectivity index (χ1) is 10.2. The first-order valence-corrected chi connectivity index (χ1v) is 7.07. The number of carbonyl (C=O) groups is 1. The molecule has 0 spiro atoms. The molecule has 0 aliphatic heterocycles.